The molecule has 0 heterocycles. The summed E-state index contributed by atoms with van der Waals surface area (Å²) in [6, 6.07) is 0. The fourth-order valence-electron chi connectivity index (χ4n) is 2.76. The molecule has 2 heteroatoms. The third-order valence-electron chi connectivity index (χ3n) is 3.74. The van der Waals surface area contributed by atoms with Crippen molar-refractivity contribution in [2.24, 2.45) is 0 Å². The molecule has 0 N–H and O–H groups in total. The normalized spacial score (nSPS) is 24.0. The second-order valence-corrected chi connectivity index (χ2v) is 15.0. The van der Waals surface area contributed by atoms with Gasteiger partial charge in [0.15, 0.2) is 0 Å². The van der Waals surface area contributed by atoms with E-state index in [1.165, 1.54) is 46.7 Å². The molecule has 0 bridgehead atoms. The molecule has 2 aliphatic carbocycles. The fraction of sp³-hybridized carbons (Fsp3) is 0.692. The molecular formula is C13H23PSi. The molecule has 0 aromatic rings. The van der Waals surface area contributed by atoms with Crippen LogP contribution in [0.15, 0.2) is 23.4 Å². The minimum atomic E-state index is -1.03. The van der Waals surface area contributed by atoms with Crippen LogP contribution < -0.4 is 0 Å². The molecule has 0 aliphatic heterocycles. The molecule has 0 aromatic heterocycles. The summed E-state index contributed by atoms with van der Waals surface area (Å²) in [4.78, 5) is 0. The predicted octanol–water partition coefficient (Wildman–Crippen LogP) is 4.63. The summed E-state index contributed by atoms with van der Waals surface area (Å²) in [5.41, 5.74) is 1.09. The van der Waals surface area contributed by atoms with Crippen molar-refractivity contribution in [2.75, 3.05) is 0 Å². The smallest absolute Gasteiger partial charge is 0.0996 e. The first-order chi connectivity index (χ1) is 7.18. The van der Waals surface area contributed by atoms with Gasteiger partial charge in [-0.2, -0.15) is 0 Å². The number of rotatable bonds is 3. The Hall–Kier alpha value is 0.127. The number of allylic oxidation sites excluding steroid dienone is 4. The predicted molar refractivity (Wildman–Crippen MR) is 74.5 cm³/mol. The standard InChI is InChI=1S/C13H23PSi/c1-15(2,13-10-6-7-11-13)14-12-8-4-3-5-9-12/h6-7,10,12,14H,3-5,8-9,11H2,1-2H3. The lowest BCUT2D eigenvalue weighted by Gasteiger charge is -2.31. The second-order valence-electron chi connectivity index (χ2n) is 5.43. The average Bonchev–Trinajstić information content (AvgIpc) is 2.71. The maximum absolute atomic E-state index is 2.58. The van der Waals surface area contributed by atoms with Crippen molar-refractivity contribution >= 4 is 15.9 Å². The van der Waals surface area contributed by atoms with Gasteiger partial charge in [0.1, 0.15) is 0 Å². The highest BCUT2D eigenvalue weighted by atomic mass is 31.3. The van der Waals surface area contributed by atoms with E-state index in [0.29, 0.717) is 0 Å². The van der Waals surface area contributed by atoms with Gasteiger partial charge in [-0.25, -0.2) is 0 Å². The monoisotopic (exact) mass is 238 g/mol. The minimum absolute atomic E-state index is 1.03. The van der Waals surface area contributed by atoms with E-state index in [4.69, 9.17) is 0 Å². The fourth-order valence-corrected chi connectivity index (χ4v) is 10.8. The lowest BCUT2D eigenvalue weighted by Crippen LogP contribution is -2.26. The lowest BCUT2D eigenvalue weighted by molar-refractivity contribution is 0.515. The molecule has 0 amide bonds. The SMILES string of the molecule is C[Si](C)(PC1CCCCC1)C1=CC=CC1. The average molecular weight is 238 g/mol. The summed E-state index contributed by atoms with van der Waals surface area (Å²) < 4.78 is 0. The van der Waals surface area contributed by atoms with Crippen LogP contribution in [0.5, 0.6) is 0 Å². The summed E-state index contributed by atoms with van der Waals surface area (Å²) in [5.74, 6) is 0. The highest BCUT2D eigenvalue weighted by Gasteiger charge is 2.29. The Morgan fingerprint density at radius 1 is 1.20 bits per heavy atom. The summed E-state index contributed by atoms with van der Waals surface area (Å²) >= 11 is 0. The molecule has 0 nitrogen and oxygen atoms in total. The van der Waals surface area contributed by atoms with E-state index < -0.39 is 7.74 Å². The van der Waals surface area contributed by atoms with E-state index in [1.807, 2.05) is 0 Å². The zero-order valence-electron chi connectivity index (χ0n) is 10.1. The molecule has 1 fully saturated rings. The molecule has 0 saturated heterocycles. The molecule has 15 heavy (non-hydrogen) atoms. The Bertz CT molecular complexity index is 272. The maximum atomic E-state index is 2.58. The first-order valence-electron chi connectivity index (χ1n) is 6.32. The highest BCUT2D eigenvalue weighted by molar-refractivity contribution is 7.83. The van der Waals surface area contributed by atoms with E-state index >= 15 is 0 Å². The molecule has 1 unspecified atom stereocenters. The first kappa shape index (κ1) is 11.6. The minimum Gasteiger partial charge on any atom is -0.126 e. The van der Waals surface area contributed by atoms with Gasteiger partial charge in [-0.1, -0.05) is 55.8 Å². The third-order valence-corrected chi connectivity index (χ3v) is 11.8. The Labute approximate surface area is 96.9 Å². The summed E-state index contributed by atoms with van der Waals surface area (Å²) in [6.07, 6.45) is 15.8. The van der Waals surface area contributed by atoms with Crippen LogP contribution in [0.3, 0.4) is 0 Å². The van der Waals surface area contributed by atoms with Crippen molar-refractivity contribution in [1.82, 2.24) is 0 Å². The van der Waals surface area contributed by atoms with Gasteiger partial charge in [-0.15, -0.1) is 8.13 Å². The van der Waals surface area contributed by atoms with Crippen LogP contribution in [0, 0.1) is 0 Å². The van der Waals surface area contributed by atoms with Crippen LogP contribution in [0.4, 0.5) is 0 Å². The van der Waals surface area contributed by atoms with Crippen LogP contribution in [-0.2, 0) is 0 Å². The van der Waals surface area contributed by atoms with Crippen LogP contribution >= 0.6 is 8.13 Å². The van der Waals surface area contributed by atoms with Crippen LogP contribution in [0.25, 0.3) is 0 Å². The highest BCUT2D eigenvalue weighted by Crippen LogP contribution is 2.44. The van der Waals surface area contributed by atoms with E-state index in [2.05, 4.69) is 31.3 Å². The number of hydrogen-bond acceptors (Lipinski definition) is 0. The molecule has 84 valence electrons. The molecule has 1 saturated carbocycles. The second kappa shape index (κ2) is 4.97. The van der Waals surface area contributed by atoms with Crippen molar-refractivity contribution < 1.29 is 0 Å². The van der Waals surface area contributed by atoms with Gasteiger partial charge < -0.3 is 0 Å². The van der Waals surface area contributed by atoms with E-state index in [1.54, 1.807) is 5.20 Å². The molecule has 0 aromatic carbocycles. The molecule has 0 radical (unpaired) electrons. The van der Waals surface area contributed by atoms with Gasteiger partial charge in [-0.05, 0) is 24.9 Å². The van der Waals surface area contributed by atoms with Crippen LogP contribution in [-0.4, -0.2) is 13.4 Å². The largest absolute Gasteiger partial charge is 0.126 e. The Morgan fingerprint density at radius 2 is 1.93 bits per heavy atom. The molecular weight excluding hydrogens is 215 g/mol. The third kappa shape index (κ3) is 3.04. The van der Waals surface area contributed by atoms with E-state index in [0.717, 1.165) is 5.66 Å². The van der Waals surface area contributed by atoms with Crippen molar-refractivity contribution in [3.8, 4) is 0 Å². The Balaban J connectivity index is 1.91. The first-order valence-corrected chi connectivity index (χ1v) is 11.4. The van der Waals surface area contributed by atoms with E-state index in [9.17, 15) is 0 Å². The lowest BCUT2D eigenvalue weighted by atomic mass is 10.0. The summed E-state index contributed by atoms with van der Waals surface area (Å²) in [7, 11) is 0.241. The van der Waals surface area contributed by atoms with Crippen molar-refractivity contribution in [3.63, 3.8) is 0 Å². The quantitative estimate of drug-likeness (QED) is 0.497. The molecule has 0 spiro atoms. The zero-order chi connectivity index (χ0) is 10.7. The van der Waals surface area contributed by atoms with Gasteiger partial charge in [0, 0.05) is 0 Å². The van der Waals surface area contributed by atoms with Gasteiger partial charge in [0.2, 0.25) is 0 Å². The van der Waals surface area contributed by atoms with Crippen LogP contribution in [0.1, 0.15) is 38.5 Å². The topological polar surface area (TPSA) is 0 Å². The molecule has 1 atom stereocenters. The Morgan fingerprint density at radius 3 is 2.53 bits per heavy atom. The van der Waals surface area contributed by atoms with Gasteiger partial charge in [-0.3, -0.25) is 0 Å². The molecule has 2 rings (SSSR count). The van der Waals surface area contributed by atoms with Gasteiger partial charge >= 0.3 is 0 Å². The van der Waals surface area contributed by atoms with Gasteiger partial charge in [0.05, 0.1) is 7.74 Å². The molecule has 2 aliphatic rings. The maximum Gasteiger partial charge on any atom is 0.0996 e. The van der Waals surface area contributed by atoms with Crippen molar-refractivity contribution in [3.05, 3.63) is 23.4 Å². The van der Waals surface area contributed by atoms with Crippen LogP contribution in [0.2, 0.25) is 13.1 Å². The number of hydrogen-bond donors (Lipinski definition) is 0. The van der Waals surface area contributed by atoms with E-state index in [-0.39, 0.29) is 0 Å². The zero-order valence-corrected chi connectivity index (χ0v) is 12.1. The Kier molecular flexibility index (Phi) is 3.85. The van der Waals surface area contributed by atoms with Gasteiger partial charge in [0.25, 0.3) is 0 Å². The van der Waals surface area contributed by atoms with Crippen molar-refractivity contribution in [2.45, 2.75) is 57.3 Å². The summed E-state index contributed by atoms with van der Waals surface area (Å²) in [6.45, 7) is 5.16. The van der Waals surface area contributed by atoms with Crippen molar-refractivity contribution in [1.29, 1.82) is 0 Å². The summed E-state index contributed by atoms with van der Waals surface area (Å²) in [5, 5.41) is 1.80.